The first-order valence-electron chi connectivity index (χ1n) is 4.21. The molecular weight excluding hydrogens is 142 g/mol. The predicted octanol–water partition coefficient (Wildman–Crippen LogP) is 0.0784. The van der Waals surface area contributed by atoms with E-state index in [1.54, 1.807) is 0 Å². The van der Waals surface area contributed by atoms with Gasteiger partial charge in [-0.1, -0.05) is 6.92 Å². The third-order valence-electron chi connectivity index (χ3n) is 2.12. The Kier molecular flexibility index (Phi) is 3.02. The van der Waals surface area contributed by atoms with E-state index in [4.69, 9.17) is 0 Å². The highest BCUT2D eigenvalue weighted by atomic mass is 16.3. The van der Waals surface area contributed by atoms with E-state index in [0.717, 1.165) is 19.4 Å². The van der Waals surface area contributed by atoms with Gasteiger partial charge >= 0.3 is 0 Å². The van der Waals surface area contributed by atoms with Crippen LogP contribution < -0.4 is 5.32 Å². The number of Topliss-reactive ketones (excluding diaryl/α,β-unsaturated/α-hetero) is 1. The van der Waals surface area contributed by atoms with Gasteiger partial charge in [0.1, 0.15) is 6.10 Å². The van der Waals surface area contributed by atoms with Crippen molar-refractivity contribution >= 4 is 5.78 Å². The molecule has 2 atom stereocenters. The van der Waals surface area contributed by atoms with Crippen LogP contribution in [0.5, 0.6) is 0 Å². The van der Waals surface area contributed by atoms with E-state index < -0.39 is 6.10 Å². The van der Waals surface area contributed by atoms with Crippen molar-refractivity contribution in [1.29, 1.82) is 0 Å². The van der Waals surface area contributed by atoms with Crippen molar-refractivity contribution in [3.8, 4) is 0 Å². The minimum Gasteiger partial charge on any atom is -0.385 e. The minimum absolute atomic E-state index is 0.0370. The zero-order chi connectivity index (χ0) is 8.27. The summed E-state index contributed by atoms with van der Waals surface area (Å²) in [5.41, 5.74) is 0. The Labute approximate surface area is 66.8 Å². The Morgan fingerprint density at radius 2 is 2.55 bits per heavy atom. The van der Waals surface area contributed by atoms with Crippen LogP contribution in [0.4, 0.5) is 0 Å². The Hall–Kier alpha value is -0.410. The summed E-state index contributed by atoms with van der Waals surface area (Å²) in [6.45, 7) is 2.73. The molecule has 1 aliphatic heterocycles. The molecule has 3 heteroatoms. The lowest BCUT2D eigenvalue weighted by Gasteiger charge is -2.12. The highest BCUT2D eigenvalue weighted by Crippen LogP contribution is 2.08. The third kappa shape index (κ3) is 2.01. The van der Waals surface area contributed by atoms with Gasteiger partial charge in [-0.05, 0) is 25.8 Å². The number of hydrogen-bond donors (Lipinski definition) is 2. The molecule has 1 heterocycles. The molecule has 1 aliphatic rings. The zero-order valence-corrected chi connectivity index (χ0v) is 6.84. The van der Waals surface area contributed by atoms with Crippen LogP contribution in [0.2, 0.25) is 0 Å². The van der Waals surface area contributed by atoms with Crippen LogP contribution in [0.1, 0.15) is 26.2 Å². The average molecular weight is 157 g/mol. The van der Waals surface area contributed by atoms with Gasteiger partial charge in [0.25, 0.3) is 0 Å². The zero-order valence-electron chi connectivity index (χ0n) is 6.84. The quantitative estimate of drug-likeness (QED) is 0.610. The van der Waals surface area contributed by atoms with Crippen molar-refractivity contribution in [3.63, 3.8) is 0 Å². The van der Waals surface area contributed by atoms with E-state index in [0.29, 0.717) is 6.42 Å². The number of rotatable bonds is 3. The molecule has 0 aromatic rings. The average Bonchev–Trinajstić information content (AvgIpc) is 2.53. The summed E-state index contributed by atoms with van der Waals surface area (Å²) in [6.07, 6.45) is 1.70. The maximum Gasteiger partial charge on any atom is 0.178 e. The van der Waals surface area contributed by atoms with Crippen LogP contribution in [-0.2, 0) is 4.79 Å². The SMILES string of the molecule is CCC(O)C(=O)C1CCCN1. The number of ketones is 1. The Bertz CT molecular complexity index is 141. The maximum atomic E-state index is 11.3. The monoisotopic (exact) mass is 157 g/mol. The largest absolute Gasteiger partial charge is 0.385 e. The van der Waals surface area contributed by atoms with Gasteiger partial charge in [0, 0.05) is 0 Å². The van der Waals surface area contributed by atoms with Crippen LogP contribution in [0.15, 0.2) is 0 Å². The van der Waals surface area contributed by atoms with Gasteiger partial charge in [0.2, 0.25) is 0 Å². The van der Waals surface area contributed by atoms with Crippen molar-refractivity contribution in [2.24, 2.45) is 0 Å². The predicted molar refractivity (Wildman–Crippen MR) is 42.3 cm³/mol. The molecule has 64 valence electrons. The Balaban J connectivity index is 2.39. The van der Waals surface area contributed by atoms with Crippen LogP contribution >= 0.6 is 0 Å². The fraction of sp³-hybridized carbons (Fsp3) is 0.875. The fourth-order valence-corrected chi connectivity index (χ4v) is 1.36. The second-order valence-electron chi connectivity index (χ2n) is 2.98. The topological polar surface area (TPSA) is 49.3 Å². The van der Waals surface area contributed by atoms with Crippen molar-refractivity contribution in [3.05, 3.63) is 0 Å². The molecular formula is C8H15NO2. The number of carbonyl (C=O) groups excluding carboxylic acids is 1. The smallest absolute Gasteiger partial charge is 0.178 e. The van der Waals surface area contributed by atoms with Gasteiger partial charge < -0.3 is 10.4 Å². The number of hydrogen-bond acceptors (Lipinski definition) is 3. The molecule has 1 saturated heterocycles. The molecule has 2 N–H and O–H groups in total. The molecule has 0 radical (unpaired) electrons. The molecule has 1 fully saturated rings. The lowest BCUT2D eigenvalue weighted by Crippen LogP contribution is -2.38. The first-order valence-corrected chi connectivity index (χ1v) is 4.21. The number of nitrogens with one attached hydrogen (secondary N) is 1. The first-order chi connectivity index (χ1) is 5.25. The highest BCUT2D eigenvalue weighted by molar-refractivity contribution is 5.88. The molecule has 0 aliphatic carbocycles. The molecule has 3 nitrogen and oxygen atoms in total. The molecule has 0 aromatic heterocycles. The standard InChI is InChI=1S/C8H15NO2/c1-2-7(10)8(11)6-4-3-5-9-6/h6-7,9-10H,2-5H2,1H3. The van der Waals surface area contributed by atoms with Gasteiger partial charge in [-0.25, -0.2) is 0 Å². The van der Waals surface area contributed by atoms with Gasteiger partial charge in [-0.2, -0.15) is 0 Å². The maximum absolute atomic E-state index is 11.3. The molecule has 0 bridgehead atoms. The van der Waals surface area contributed by atoms with Crippen molar-refractivity contribution in [2.75, 3.05) is 6.54 Å². The lowest BCUT2D eigenvalue weighted by molar-refractivity contribution is -0.128. The van der Waals surface area contributed by atoms with Crippen LogP contribution in [0, 0.1) is 0 Å². The van der Waals surface area contributed by atoms with Gasteiger partial charge in [-0.3, -0.25) is 4.79 Å². The lowest BCUT2D eigenvalue weighted by atomic mass is 10.0. The van der Waals surface area contributed by atoms with Crippen molar-refractivity contribution in [2.45, 2.75) is 38.3 Å². The van der Waals surface area contributed by atoms with Crippen molar-refractivity contribution in [1.82, 2.24) is 5.32 Å². The first kappa shape index (κ1) is 8.68. The van der Waals surface area contributed by atoms with E-state index >= 15 is 0 Å². The van der Waals surface area contributed by atoms with E-state index in [9.17, 15) is 9.90 Å². The van der Waals surface area contributed by atoms with E-state index in [2.05, 4.69) is 5.32 Å². The van der Waals surface area contributed by atoms with Gasteiger partial charge in [0.05, 0.1) is 6.04 Å². The normalized spacial score (nSPS) is 26.9. The van der Waals surface area contributed by atoms with Crippen LogP contribution in [-0.4, -0.2) is 29.6 Å². The summed E-state index contributed by atoms with van der Waals surface area (Å²) in [5.74, 6) is -0.0370. The Morgan fingerprint density at radius 3 is 3.00 bits per heavy atom. The van der Waals surface area contributed by atoms with Gasteiger partial charge in [-0.15, -0.1) is 0 Å². The van der Waals surface area contributed by atoms with Gasteiger partial charge in [0.15, 0.2) is 5.78 Å². The van der Waals surface area contributed by atoms with Crippen molar-refractivity contribution < 1.29 is 9.90 Å². The molecule has 2 unspecified atom stereocenters. The summed E-state index contributed by atoms with van der Waals surface area (Å²) >= 11 is 0. The molecule has 11 heavy (non-hydrogen) atoms. The second kappa shape index (κ2) is 3.83. The van der Waals surface area contributed by atoms with E-state index in [1.807, 2.05) is 6.92 Å². The summed E-state index contributed by atoms with van der Waals surface area (Å²) < 4.78 is 0. The van der Waals surface area contributed by atoms with Crippen LogP contribution in [0.25, 0.3) is 0 Å². The summed E-state index contributed by atoms with van der Waals surface area (Å²) in [5, 5.41) is 12.3. The molecule has 0 saturated carbocycles. The summed E-state index contributed by atoms with van der Waals surface area (Å²) in [4.78, 5) is 11.3. The van der Waals surface area contributed by atoms with E-state index in [1.165, 1.54) is 0 Å². The molecule has 1 rings (SSSR count). The van der Waals surface area contributed by atoms with E-state index in [-0.39, 0.29) is 11.8 Å². The number of aliphatic hydroxyl groups is 1. The number of carbonyl (C=O) groups is 1. The third-order valence-corrected chi connectivity index (χ3v) is 2.12. The second-order valence-corrected chi connectivity index (χ2v) is 2.98. The molecule has 0 amide bonds. The van der Waals surface area contributed by atoms with Crippen LogP contribution in [0.3, 0.4) is 0 Å². The minimum atomic E-state index is -0.759. The fourth-order valence-electron chi connectivity index (χ4n) is 1.36. The number of aliphatic hydroxyl groups excluding tert-OH is 1. The Morgan fingerprint density at radius 1 is 1.82 bits per heavy atom. The highest BCUT2D eigenvalue weighted by Gasteiger charge is 2.26. The summed E-state index contributed by atoms with van der Waals surface area (Å²) in [7, 11) is 0. The molecule has 0 aromatic carbocycles. The molecule has 0 spiro atoms. The summed E-state index contributed by atoms with van der Waals surface area (Å²) in [6, 6.07) is -0.0788.